The zero-order valence-electron chi connectivity index (χ0n) is 12.7. The van der Waals surface area contributed by atoms with E-state index in [-0.39, 0.29) is 11.9 Å². The van der Waals surface area contributed by atoms with E-state index in [0.717, 1.165) is 25.9 Å². The summed E-state index contributed by atoms with van der Waals surface area (Å²) < 4.78 is 0. The number of carbonyl (C=O) groups is 2. The molecule has 114 valence electrons. The highest BCUT2D eigenvalue weighted by Crippen LogP contribution is 2.37. The summed E-state index contributed by atoms with van der Waals surface area (Å²) in [5.41, 5.74) is -0.422. The fraction of sp³-hybridized carbons (Fsp3) is 0.867. The molecule has 0 aromatic heterocycles. The second-order valence-electron chi connectivity index (χ2n) is 6.74. The molecular formula is C15H26N2O3. The van der Waals surface area contributed by atoms with Crippen molar-refractivity contribution in [2.24, 2.45) is 17.3 Å². The number of rotatable bonds is 3. The van der Waals surface area contributed by atoms with Crippen LogP contribution in [0.1, 0.15) is 40.0 Å². The van der Waals surface area contributed by atoms with Crippen molar-refractivity contribution in [1.82, 2.24) is 10.2 Å². The molecule has 2 rings (SSSR count). The number of piperidine rings is 1. The molecule has 0 bridgehead atoms. The molecule has 5 heteroatoms. The predicted molar refractivity (Wildman–Crippen MR) is 76.3 cm³/mol. The Bertz CT molecular complexity index is 389. The number of carboxylic acids is 1. The maximum Gasteiger partial charge on any atom is 0.308 e. The maximum absolute atomic E-state index is 12.9. The summed E-state index contributed by atoms with van der Waals surface area (Å²) in [7, 11) is 0. The van der Waals surface area contributed by atoms with Gasteiger partial charge in [-0.3, -0.25) is 9.59 Å². The largest absolute Gasteiger partial charge is 0.481 e. The summed E-state index contributed by atoms with van der Waals surface area (Å²) in [4.78, 5) is 25.8. The standard InChI is InChI=1S/C15H26N2O3/c1-10-12(13(18)19)6-8-17(10)14(20)15(2,3)11-5-4-7-16-9-11/h10-12,16H,4-9H2,1-3H3,(H,18,19). The molecule has 3 unspecified atom stereocenters. The summed E-state index contributed by atoms with van der Waals surface area (Å²) in [6, 6.07) is -0.198. The van der Waals surface area contributed by atoms with E-state index in [1.54, 1.807) is 4.90 Å². The van der Waals surface area contributed by atoms with Gasteiger partial charge in [-0.05, 0) is 45.2 Å². The Morgan fingerprint density at radius 1 is 1.30 bits per heavy atom. The number of hydrogen-bond acceptors (Lipinski definition) is 3. The van der Waals surface area contributed by atoms with Gasteiger partial charge in [0.1, 0.15) is 0 Å². The molecule has 0 radical (unpaired) electrons. The Balaban J connectivity index is 2.08. The zero-order valence-corrected chi connectivity index (χ0v) is 12.7. The molecule has 0 spiro atoms. The third kappa shape index (κ3) is 2.68. The van der Waals surface area contributed by atoms with Crippen molar-refractivity contribution in [3.05, 3.63) is 0 Å². The summed E-state index contributed by atoms with van der Waals surface area (Å²) in [6.45, 7) is 8.35. The molecule has 1 amide bonds. The van der Waals surface area contributed by atoms with Crippen LogP contribution in [-0.2, 0) is 9.59 Å². The van der Waals surface area contributed by atoms with Crippen LogP contribution in [0.3, 0.4) is 0 Å². The number of nitrogens with zero attached hydrogens (tertiary/aromatic N) is 1. The highest BCUT2D eigenvalue weighted by Gasteiger charge is 2.45. The summed E-state index contributed by atoms with van der Waals surface area (Å²) in [6.07, 6.45) is 2.74. The lowest BCUT2D eigenvalue weighted by Crippen LogP contribution is -2.50. The maximum atomic E-state index is 12.9. The van der Waals surface area contributed by atoms with Gasteiger partial charge in [0.2, 0.25) is 5.91 Å². The van der Waals surface area contributed by atoms with Crippen LogP contribution in [0.25, 0.3) is 0 Å². The van der Waals surface area contributed by atoms with Crippen molar-refractivity contribution in [1.29, 1.82) is 0 Å². The SMILES string of the molecule is CC1C(C(=O)O)CCN1C(=O)C(C)(C)C1CCCNC1. The average Bonchev–Trinajstić information content (AvgIpc) is 2.80. The van der Waals surface area contributed by atoms with Crippen molar-refractivity contribution in [2.45, 2.75) is 46.1 Å². The van der Waals surface area contributed by atoms with Gasteiger partial charge in [0, 0.05) is 18.0 Å². The number of carbonyl (C=O) groups excluding carboxylic acids is 1. The minimum Gasteiger partial charge on any atom is -0.481 e. The molecule has 0 aromatic carbocycles. The van der Waals surface area contributed by atoms with Gasteiger partial charge >= 0.3 is 5.97 Å². The number of aliphatic carboxylic acids is 1. The van der Waals surface area contributed by atoms with Gasteiger partial charge in [-0.2, -0.15) is 0 Å². The van der Waals surface area contributed by atoms with Crippen molar-refractivity contribution in [3.63, 3.8) is 0 Å². The molecule has 0 saturated carbocycles. The van der Waals surface area contributed by atoms with E-state index in [0.29, 0.717) is 18.9 Å². The molecule has 2 fully saturated rings. The van der Waals surface area contributed by atoms with Gasteiger partial charge in [-0.1, -0.05) is 13.8 Å². The van der Waals surface area contributed by atoms with Gasteiger partial charge in [0.15, 0.2) is 0 Å². The molecule has 2 aliphatic heterocycles. The van der Waals surface area contributed by atoms with Crippen LogP contribution in [0.2, 0.25) is 0 Å². The Morgan fingerprint density at radius 3 is 2.50 bits per heavy atom. The highest BCUT2D eigenvalue weighted by molar-refractivity contribution is 5.84. The van der Waals surface area contributed by atoms with Crippen molar-refractivity contribution >= 4 is 11.9 Å². The lowest BCUT2D eigenvalue weighted by atomic mass is 9.74. The second-order valence-corrected chi connectivity index (χ2v) is 6.74. The van der Waals surface area contributed by atoms with Gasteiger partial charge < -0.3 is 15.3 Å². The third-order valence-electron chi connectivity index (χ3n) is 5.20. The second kappa shape index (κ2) is 5.72. The van der Waals surface area contributed by atoms with Gasteiger partial charge in [-0.15, -0.1) is 0 Å². The van der Waals surface area contributed by atoms with E-state index in [9.17, 15) is 14.7 Å². The first-order chi connectivity index (χ1) is 9.35. The Hall–Kier alpha value is -1.10. The van der Waals surface area contributed by atoms with Crippen molar-refractivity contribution in [3.8, 4) is 0 Å². The fourth-order valence-electron chi connectivity index (χ4n) is 3.57. The molecule has 0 aliphatic carbocycles. The third-order valence-corrected chi connectivity index (χ3v) is 5.20. The number of amides is 1. The van der Waals surface area contributed by atoms with E-state index in [1.165, 1.54) is 0 Å². The van der Waals surface area contributed by atoms with Crippen molar-refractivity contribution < 1.29 is 14.7 Å². The minimum absolute atomic E-state index is 0.113. The lowest BCUT2D eigenvalue weighted by molar-refractivity contribution is -0.147. The Kier molecular flexibility index (Phi) is 4.37. The normalized spacial score (nSPS) is 31.4. The average molecular weight is 282 g/mol. The van der Waals surface area contributed by atoms with Crippen LogP contribution >= 0.6 is 0 Å². The first-order valence-corrected chi connectivity index (χ1v) is 7.60. The highest BCUT2D eigenvalue weighted by atomic mass is 16.4. The Morgan fingerprint density at radius 2 is 2.00 bits per heavy atom. The van der Waals surface area contributed by atoms with Crippen LogP contribution in [0.5, 0.6) is 0 Å². The number of carboxylic acid groups (broad SMARTS) is 1. The van der Waals surface area contributed by atoms with Gasteiger partial charge in [-0.25, -0.2) is 0 Å². The summed E-state index contributed by atoms with van der Waals surface area (Å²) >= 11 is 0. The quantitative estimate of drug-likeness (QED) is 0.819. The van der Waals surface area contributed by atoms with Crippen molar-refractivity contribution in [2.75, 3.05) is 19.6 Å². The lowest BCUT2D eigenvalue weighted by Gasteiger charge is -2.40. The fourth-order valence-corrected chi connectivity index (χ4v) is 3.57. The molecular weight excluding hydrogens is 256 g/mol. The smallest absolute Gasteiger partial charge is 0.308 e. The van der Waals surface area contributed by atoms with Crippen LogP contribution in [0, 0.1) is 17.3 Å². The minimum atomic E-state index is -0.787. The topological polar surface area (TPSA) is 69.6 Å². The summed E-state index contributed by atoms with van der Waals surface area (Å²) in [5.74, 6) is -0.758. The molecule has 20 heavy (non-hydrogen) atoms. The Labute approximate surface area is 120 Å². The van der Waals surface area contributed by atoms with Crippen LogP contribution in [0.4, 0.5) is 0 Å². The predicted octanol–water partition coefficient (Wildman–Crippen LogP) is 1.33. The van der Waals surface area contributed by atoms with E-state index in [2.05, 4.69) is 5.32 Å². The van der Waals surface area contributed by atoms with E-state index in [1.807, 2.05) is 20.8 Å². The molecule has 0 aromatic rings. The first kappa shape index (κ1) is 15.3. The van der Waals surface area contributed by atoms with E-state index < -0.39 is 17.3 Å². The zero-order chi connectivity index (χ0) is 14.9. The van der Waals surface area contributed by atoms with Gasteiger partial charge in [0.05, 0.1) is 5.92 Å². The van der Waals surface area contributed by atoms with E-state index in [4.69, 9.17) is 0 Å². The van der Waals surface area contributed by atoms with Crippen LogP contribution in [0.15, 0.2) is 0 Å². The number of nitrogens with one attached hydrogen (secondary N) is 1. The van der Waals surface area contributed by atoms with E-state index >= 15 is 0 Å². The van der Waals surface area contributed by atoms with Crippen LogP contribution < -0.4 is 5.32 Å². The molecule has 2 saturated heterocycles. The molecule has 5 nitrogen and oxygen atoms in total. The first-order valence-electron chi connectivity index (χ1n) is 7.60. The molecule has 2 aliphatic rings. The summed E-state index contributed by atoms with van der Waals surface area (Å²) in [5, 5.41) is 12.5. The number of hydrogen-bond donors (Lipinski definition) is 2. The monoisotopic (exact) mass is 282 g/mol. The molecule has 3 atom stereocenters. The molecule has 2 heterocycles. The molecule has 2 N–H and O–H groups in total. The number of likely N-dealkylation sites (tertiary alicyclic amines) is 1. The van der Waals surface area contributed by atoms with Gasteiger partial charge in [0.25, 0.3) is 0 Å². The van der Waals surface area contributed by atoms with Crippen LogP contribution in [-0.4, -0.2) is 47.6 Å².